The molecule has 3 heteroatoms. The van der Waals surface area contributed by atoms with Crippen LogP contribution in [0.25, 0.3) is 0 Å². The molecular formula is C9H13ClN2. The summed E-state index contributed by atoms with van der Waals surface area (Å²) in [6, 6.07) is 1.92. The molecule has 0 radical (unpaired) electrons. The van der Waals surface area contributed by atoms with Gasteiger partial charge in [0.1, 0.15) is 5.15 Å². The summed E-state index contributed by atoms with van der Waals surface area (Å²) < 4.78 is 0. The van der Waals surface area contributed by atoms with Gasteiger partial charge in [-0.05, 0) is 30.5 Å². The van der Waals surface area contributed by atoms with Crippen molar-refractivity contribution < 1.29 is 0 Å². The zero-order valence-corrected chi connectivity index (χ0v) is 8.10. The second-order valence-corrected chi connectivity index (χ2v) is 3.27. The van der Waals surface area contributed by atoms with Crippen molar-refractivity contribution in [3.05, 3.63) is 28.5 Å². The zero-order chi connectivity index (χ0) is 9.14. The Morgan fingerprint density at radius 3 is 2.83 bits per heavy atom. The second-order valence-electron chi connectivity index (χ2n) is 2.88. The maximum absolute atomic E-state index is 5.86. The van der Waals surface area contributed by atoms with E-state index in [9.17, 15) is 0 Å². The van der Waals surface area contributed by atoms with Crippen molar-refractivity contribution in [2.75, 3.05) is 0 Å². The van der Waals surface area contributed by atoms with Gasteiger partial charge in [0, 0.05) is 12.2 Å². The van der Waals surface area contributed by atoms with Gasteiger partial charge in [0.05, 0.1) is 0 Å². The Balaban J connectivity index is 3.01. The zero-order valence-electron chi connectivity index (χ0n) is 7.34. The highest BCUT2D eigenvalue weighted by Gasteiger charge is 2.06. The average molecular weight is 185 g/mol. The van der Waals surface area contributed by atoms with Crippen molar-refractivity contribution in [1.82, 2.24) is 4.98 Å². The molecule has 1 aromatic heterocycles. The minimum Gasteiger partial charge on any atom is -0.324 e. The summed E-state index contributed by atoms with van der Waals surface area (Å²) in [5.74, 6) is 0. The Morgan fingerprint density at radius 1 is 1.67 bits per heavy atom. The van der Waals surface area contributed by atoms with Gasteiger partial charge in [0.25, 0.3) is 0 Å². The summed E-state index contributed by atoms with van der Waals surface area (Å²) in [5, 5.41) is 0.527. The van der Waals surface area contributed by atoms with E-state index in [4.69, 9.17) is 17.3 Å². The molecule has 0 aliphatic carbocycles. The van der Waals surface area contributed by atoms with Crippen LogP contribution >= 0.6 is 11.6 Å². The van der Waals surface area contributed by atoms with Crippen molar-refractivity contribution in [3.8, 4) is 0 Å². The molecule has 1 heterocycles. The lowest BCUT2D eigenvalue weighted by atomic mass is 10.0. The number of hydrogen-bond acceptors (Lipinski definition) is 2. The molecule has 1 aromatic rings. The summed E-state index contributed by atoms with van der Waals surface area (Å²) in [7, 11) is 0. The van der Waals surface area contributed by atoms with Crippen LogP contribution in [0.4, 0.5) is 0 Å². The van der Waals surface area contributed by atoms with Crippen LogP contribution in [0, 0.1) is 6.92 Å². The number of pyridine rings is 1. The standard InChI is InChI=1S/C9H13ClN2/c1-3-8(11)7-5-12-9(10)4-6(7)2/h4-5,8H,3,11H2,1-2H3. The minimum atomic E-state index is 0.0785. The van der Waals surface area contributed by atoms with Gasteiger partial charge in [-0.25, -0.2) is 4.98 Å². The van der Waals surface area contributed by atoms with Gasteiger partial charge in [0.2, 0.25) is 0 Å². The van der Waals surface area contributed by atoms with Gasteiger partial charge in [-0.3, -0.25) is 0 Å². The SMILES string of the molecule is CCC(N)c1cnc(Cl)cc1C. The highest BCUT2D eigenvalue weighted by atomic mass is 35.5. The molecule has 0 spiro atoms. The van der Waals surface area contributed by atoms with Gasteiger partial charge in [0.15, 0.2) is 0 Å². The molecule has 0 saturated carbocycles. The maximum atomic E-state index is 5.86. The summed E-state index contributed by atoms with van der Waals surface area (Å²) in [6.07, 6.45) is 2.68. The fourth-order valence-corrected chi connectivity index (χ4v) is 1.35. The molecule has 12 heavy (non-hydrogen) atoms. The fraction of sp³-hybridized carbons (Fsp3) is 0.444. The van der Waals surface area contributed by atoms with Gasteiger partial charge in [-0.1, -0.05) is 18.5 Å². The van der Waals surface area contributed by atoms with E-state index in [1.807, 2.05) is 13.0 Å². The first kappa shape index (κ1) is 9.49. The van der Waals surface area contributed by atoms with Crippen LogP contribution in [0.2, 0.25) is 5.15 Å². The molecule has 0 aliphatic rings. The number of aryl methyl sites for hydroxylation is 1. The number of rotatable bonds is 2. The Kier molecular flexibility index (Phi) is 3.06. The van der Waals surface area contributed by atoms with E-state index < -0.39 is 0 Å². The smallest absolute Gasteiger partial charge is 0.129 e. The fourth-order valence-electron chi connectivity index (χ4n) is 1.14. The highest BCUT2D eigenvalue weighted by molar-refractivity contribution is 6.29. The number of nitrogens with two attached hydrogens (primary N) is 1. The van der Waals surface area contributed by atoms with Crippen LogP contribution in [0.3, 0.4) is 0 Å². The van der Waals surface area contributed by atoms with Crippen molar-refractivity contribution in [3.63, 3.8) is 0 Å². The predicted molar refractivity (Wildman–Crippen MR) is 51.2 cm³/mol. The predicted octanol–water partition coefficient (Wildman–Crippen LogP) is 2.45. The molecule has 0 amide bonds. The molecule has 1 atom stereocenters. The van der Waals surface area contributed by atoms with Crippen LogP contribution in [0.5, 0.6) is 0 Å². The molecule has 0 fully saturated rings. The van der Waals surface area contributed by atoms with Gasteiger partial charge in [-0.15, -0.1) is 0 Å². The number of nitrogens with zero attached hydrogens (tertiary/aromatic N) is 1. The third kappa shape index (κ3) is 1.96. The minimum absolute atomic E-state index is 0.0785. The molecule has 2 nitrogen and oxygen atoms in total. The van der Waals surface area contributed by atoms with Gasteiger partial charge < -0.3 is 5.73 Å². The Morgan fingerprint density at radius 2 is 2.33 bits per heavy atom. The molecule has 1 unspecified atom stereocenters. The lowest BCUT2D eigenvalue weighted by Gasteiger charge is -2.11. The molecule has 0 aliphatic heterocycles. The number of halogens is 1. The van der Waals surface area contributed by atoms with E-state index in [0.29, 0.717) is 5.15 Å². The van der Waals surface area contributed by atoms with Crippen molar-refractivity contribution in [2.24, 2.45) is 5.73 Å². The summed E-state index contributed by atoms with van der Waals surface area (Å²) in [6.45, 7) is 4.05. The lowest BCUT2D eigenvalue weighted by Crippen LogP contribution is -2.10. The van der Waals surface area contributed by atoms with Gasteiger partial charge >= 0.3 is 0 Å². The average Bonchev–Trinajstić information content (AvgIpc) is 2.03. The second kappa shape index (κ2) is 3.87. The van der Waals surface area contributed by atoms with E-state index >= 15 is 0 Å². The third-order valence-corrected chi connectivity index (χ3v) is 2.16. The van der Waals surface area contributed by atoms with E-state index in [-0.39, 0.29) is 6.04 Å². The molecule has 2 N–H and O–H groups in total. The third-order valence-electron chi connectivity index (χ3n) is 1.96. The van der Waals surface area contributed by atoms with E-state index in [1.165, 1.54) is 0 Å². The molecular weight excluding hydrogens is 172 g/mol. The van der Waals surface area contributed by atoms with Crippen LogP contribution < -0.4 is 5.73 Å². The summed E-state index contributed by atoms with van der Waals surface area (Å²) >= 11 is 5.71. The number of hydrogen-bond donors (Lipinski definition) is 1. The Hall–Kier alpha value is -0.600. The first-order chi connectivity index (χ1) is 5.65. The quantitative estimate of drug-likeness (QED) is 0.718. The molecule has 66 valence electrons. The lowest BCUT2D eigenvalue weighted by molar-refractivity contribution is 0.690. The highest BCUT2D eigenvalue weighted by Crippen LogP contribution is 2.19. The molecule has 0 saturated heterocycles. The van der Waals surface area contributed by atoms with Gasteiger partial charge in [-0.2, -0.15) is 0 Å². The Bertz CT molecular complexity index is 273. The van der Waals surface area contributed by atoms with Crippen LogP contribution in [0.1, 0.15) is 30.5 Å². The summed E-state index contributed by atoms with van der Waals surface area (Å²) in [4.78, 5) is 3.99. The normalized spacial score (nSPS) is 13.0. The monoisotopic (exact) mass is 184 g/mol. The largest absolute Gasteiger partial charge is 0.324 e. The number of aromatic nitrogens is 1. The maximum Gasteiger partial charge on any atom is 0.129 e. The van der Waals surface area contributed by atoms with Crippen molar-refractivity contribution >= 4 is 11.6 Å². The molecule has 1 rings (SSSR count). The van der Waals surface area contributed by atoms with E-state index in [1.54, 1.807) is 6.20 Å². The Labute approximate surface area is 77.8 Å². The first-order valence-corrected chi connectivity index (χ1v) is 4.40. The first-order valence-electron chi connectivity index (χ1n) is 4.02. The summed E-state index contributed by atoms with van der Waals surface area (Å²) in [5.41, 5.74) is 8.06. The van der Waals surface area contributed by atoms with Crippen molar-refractivity contribution in [1.29, 1.82) is 0 Å². The van der Waals surface area contributed by atoms with Crippen LogP contribution in [-0.2, 0) is 0 Å². The van der Waals surface area contributed by atoms with Crippen LogP contribution in [-0.4, -0.2) is 4.98 Å². The topological polar surface area (TPSA) is 38.9 Å². The van der Waals surface area contributed by atoms with Crippen molar-refractivity contribution in [2.45, 2.75) is 26.3 Å². The van der Waals surface area contributed by atoms with E-state index in [2.05, 4.69) is 11.9 Å². The molecule has 0 aromatic carbocycles. The molecule has 0 bridgehead atoms. The van der Waals surface area contributed by atoms with Crippen LogP contribution in [0.15, 0.2) is 12.3 Å². The van der Waals surface area contributed by atoms with E-state index in [0.717, 1.165) is 17.5 Å².